The van der Waals surface area contributed by atoms with E-state index in [2.05, 4.69) is 26.1 Å². The third kappa shape index (κ3) is 1.73. The quantitative estimate of drug-likeness (QED) is 0.750. The number of hydrogen-bond acceptors (Lipinski definition) is 2. The summed E-state index contributed by atoms with van der Waals surface area (Å²) in [4.78, 5) is 3.24. The van der Waals surface area contributed by atoms with Crippen molar-refractivity contribution in [2.75, 3.05) is 13.1 Å². The summed E-state index contributed by atoms with van der Waals surface area (Å²) in [5, 5.41) is 3.46. The van der Waals surface area contributed by atoms with Gasteiger partial charge in [0.1, 0.15) is 0 Å². The first-order valence-corrected chi connectivity index (χ1v) is 6.33. The zero-order valence-electron chi connectivity index (χ0n) is 9.31. The minimum Gasteiger partial charge on any atom is -0.316 e. The predicted octanol–water partition coefficient (Wildman–Crippen LogP) is 2.87. The molecule has 2 rings (SSSR count). The van der Waals surface area contributed by atoms with E-state index in [-0.39, 0.29) is 0 Å². The minimum atomic E-state index is 0.694. The molecule has 0 spiro atoms. The molecule has 0 radical (unpaired) electrons. The fourth-order valence-corrected chi connectivity index (χ4v) is 3.61. The maximum Gasteiger partial charge on any atom is 0.0106 e. The molecule has 14 heavy (non-hydrogen) atoms. The molecule has 1 aliphatic heterocycles. The Morgan fingerprint density at radius 1 is 1.21 bits per heavy atom. The van der Waals surface area contributed by atoms with Crippen LogP contribution in [-0.2, 0) is 12.8 Å². The molecule has 0 saturated heterocycles. The Morgan fingerprint density at radius 3 is 2.64 bits per heavy atom. The summed E-state index contributed by atoms with van der Waals surface area (Å²) in [5.41, 5.74) is 3.22. The largest absolute Gasteiger partial charge is 0.316 e. The van der Waals surface area contributed by atoms with Crippen LogP contribution in [-0.4, -0.2) is 13.1 Å². The van der Waals surface area contributed by atoms with Crippen LogP contribution in [0.4, 0.5) is 0 Å². The molecule has 1 aromatic heterocycles. The molecule has 0 saturated carbocycles. The van der Waals surface area contributed by atoms with Crippen LogP contribution < -0.4 is 5.32 Å². The molecule has 1 aromatic rings. The van der Waals surface area contributed by atoms with Gasteiger partial charge in [-0.1, -0.05) is 13.8 Å². The van der Waals surface area contributed by atoms with Gasteiger partial charge in [-0.3, -0.25) is 0 Å². The van der Waals surface area contributed by atoms with E-state index in [0.717, 1.165) is 13.1 Å². The summed E-state index contributed by atoms with van der Waals surface area (Å²) in [7, 11) is 0. The van der Waals surface area contributed by atoms with E-state index >= 15 is 0 Å². The molecule has 1 N–H and O–H groups in total. The first-order valence-electron chi connectivity index (χ1n) is 5.52. The maximum atomic E-state index is 3.46. The Bertz CT molecular complexity index is 325. The molecule has 0 aliphatic carbocycles. The monoisotopic (exact) mass is 209 g/mol. The van der Waals surface area contributed by atoms with Crippen molar-refractivity contribution in [2.45, 2.75) is 39.5 Å². The van der Waals surface area contributed by atoms with Crippen LogP contribution in [0.1, 0.15) is 40.6 Å². The summed E-state index contributed by atoms with van der Waals surface area (Å²) in [6.07, 6.45) is 2.46. The molecular weight excluding hydrogens is 190 g/mol. The summed E-state index contributed by atoms with van der Waals surface area (Å²) in [5.74, 6) is 0.694. The first-order chi connectivity index (χ1) is 6.70. The molecule has 1 nitrogen and oxygen atoms in total. The van der Waals surface area contributed by atoms with Gasteiger partial charge in [-0.25, -0.2) is 0 Å². The van der Waals surface area contributed by atoms with Gasteiger partial charge >= 0.3 is 0 Å². The third-order valence-electron chi connectivity index (χ3n) is 3.00. The highest BCUT2D eigenvalue weighted by molar-refractivity contribution is 7.12. The van der Waals surface area contributed by atoms with Crippen LogP contribution in [0.15, 0.2) is 0 Å². The van der Waals surface area contributed by atoms with Crippen LogP contribution in [0.3, 0.4) is 0 Å². The molecule has 2 heterocycles. The lowest BCUT2D eigenvalue weighted by atomic mass is 10.0. The number of rotatable bonds is 1. The average Bonchev–Trinajstić information content (AvgIpc) is 2.37. The fraction of sp³-hybridized carbons (Fsp3) is 0.667. The van der Waals surface area contributed by atoms with Crippen molar-refractivity contribution in [2.24, 2.45) is 0 Å². The lowest BCUT2D eigenvalue weighted by Gasteiger charge is -2.04. The van der Waals surface area contributed by atoms with Crippen LogP contribution in [0.2, 0.25) is 0 Å². The third-order valence-corrected chi connectivity index (χ3v) is 4.69. The molecule has 2 heteroatoms. The van der Waals surface area contributed by atoms with Crippen LogP contribution >= 0.6 is 11.3 Å². The predicted molar refractivity (Wildman–Crippen MR) is 63.4 cm³/mol. The molecule has 0 bridgehead atoms. The first kappa shape index (κ1) is 10.2. The Balaban J connectivity index is 2.40. The lowest BCUT2D eigenvalue weighted by molar-refractivity contribution is 0.710. The number of nitrogens with one attached hydrogen (secondary N) is 1. The minimum absolute atomic E-state index is 0.694. The van der Waals surface area contributed by atoms with E-state index in [1.807, 2.05) is 11.3 Å². The molecule has 0 fully saturated rings. The van der Waals surface area contributed by atoms with Gasteiger partial charge < -0.3 is 5.32 Å². The van der Waals surface area contributed by atoms with Crippen LogP contribution in [0.25, 0.3) is 0 Å². The van der Waals surface area contributed by atoms with Crippen molar-refractivity contribution in [1.29, 1.82) is 0 Å². The Morgan fingerprint density at radius 2 is 1.93 bits per heavy atom. The second-order valence-corrected chi connectivity index (χ2v) is 5.53. The second kappa shape index (κ2) is 4.03. The normalized spacial score (nSPS) is 16.9. The Labute approximate surface area is 90.5 Å². The van der Waals surface area contributed by atoms with Crippen LogP contribution in [0.5, 0.6) is 0 Å². The van der Waals surface area contributed by atoms with E-state index in [0.29, 0.717) is 5.92 Å². The topological polar surface area (TPSA) is 12.0 Å². The van der Waals surface area contributed by atoms with Crippen molar-refractivity contribution >= 4 is 11.3 Å². The highest BCUT2D eigenvalue weighted by Crippen LogP contribution is 2.34. The van der Waals surface area contributed by atoms with Gasteiger partial charge in [-0.15, -0.1) is 11.3 Å². The van der Waals surface area contributed by atoms with E-state index in [9.17, 15) is 0 Å². The molecule has 1 aliphatic rings. The summed E-state index contributed by atoms with van der Waals surface area (Å²) in [6.45, 7) is 9.22. The Kier molecular flexibility index (Phi) is 2.93. The molecule has 0 unspecified atom stereocenters. The maximum absolute atomic E-state index is 3.46. The molecule has 0 atom stereocenters. The summed E-state index contributed by atoms with van der Waals surface area (Å²) < 4.78 is 0. The number of thiophene rings is 1. The van der Waals surface area contributed by atoms with Gasteiger partial charge in [-0.05, 0) is 49.9 Å². The zero-order chi connectivity index (χ0) is 10.1. The fourth-order valence-electron chi connectivity index (χ4n) is 2.25. The summed E-state index contributed by atoms with van der Waals surface area (Å²) in [6, 6.07) is 0. The van der Waals surface area contributed by atoms with E-state index in [4.69, 9.17) is 0 Å². The lowest BCUT2D eigenvalue weighted by Crippen LogP contribution is -2.16. The van der Waals surface area contributed by atoms with Crippen molar-refractivity contribution in [3.8, 4) is 0 Å². The smallest absolute Gasteiger partial charge is 0.0106 e. The van der Waals surface area contributed by atoms with Gasteiger partial charge in [-0.2, -0.15) is 0 Å². The van der Waals surface area contributed by atoms with Gasteiger partial charge in [0.2, 0.25) is 0 Å². The van der Waals surface area contributed by atoms with E-state index < -0.39 is 0 Å². The van der Waals surface area contributed by atoms with Crippen molar-refractivity contribution in [3.63, 3.8) is 0 Å². The van der Waals surface area contributed by atoms with Gasteiger partial charge in [0, 0.05) is 9.75 Å². The SMILES string of the molecule is Cc1c(C(C)C)sc2c1CCNCC2. The van der Waals surface area contributed by atoms with Gasteiger partial charge in [0.25, 0.3) is 0 Å². The van der Waals surface area contributed by atoms with Crippen molar-refractivity contribution in [3.05, 3.63) is 20.9 Å². The molecule has 0 aromatic carbocycles. The zero-order valence-corrected chi connectivity index (χ0v) is 10.1. The average molecular weight is 209 g/mol. The van der Waals surface area contributed by atoms with Gasteiger partial charge in [0.15, 0.2) is 0 Å². The van der Waals surface area contributed by atoms with Crippen molar-refractivity contribution < 1.29 is 0 Å². The van der Waals surface area contributed by atoms with E-state index in [1.54, 1.807) is 20.9 Å². The summed E-state index contributed by atoms with van der Waals surface area (Å²) >= 11 is 2.04. The highest BCUT2D eigenvalue weighted by atomic mass is 32.1. The molecule has 78 valence electrons. The Hall–Kier alpha value is -0.340. The standard InChI is InChI=1S/C12H19NS/c1-8(2)12-9(3)10-4-6-13-7-5-11(10)14-12/h8,13H,4-7H2,1-3H3. The van der Waals surface area contributed by atoms with Gasteiger partial charge in [0.05, 0.1) is 0 Å². The van der Waals surface area contributed by atoms with Crippen LogP contribution in [0, 0.1) is 6.92 Å². The number of hydrogen-bond donors (Lipinski definition) is 1. The molecule has 0 amide bonds. The molecular formula is C12H19NS. The van der Waals surface area contributed by atoms with E-state index in [1.165, 1.54) is 12.8 Å². The second-order valence-electron chi connectivity index (χ2n) is 4.40. The van der Waals surface area contributed by atoms with Crippen molar-refractivity contribution in [1.82, 2.24) is 5.32 Å². The number of fused-ring (bicyclic) bond motifs is 1. The highest BCUT2D eigenvalue weighted by Gasteiger charge is 2.17.